The summed E-state index contributed by atoms with van der Waals surface area (Å²) in [6, 6.07) is 5.73. The summed E-state index contributed by atoms with van der Waals surface area (Å²) in [4.78, 5) is 3.10. The Bertz CT molecular complexity index is 506. The summed E-state index contributed by atoms with van der Waals surface area (Å²) >= 11 is 4.81. The molecule has 0 aliphatic heterocycles. The number of nitrogens with one attached hydrogen (secondary N) is 2. The molecule has 1 aromatic heterocycles. The molecule has 0 radical (unpaired) electrons. The molecule has 0 aliphatic carbocycles. The van der Waals surface area contributed by atoms with E-state index in [1.165, 1.54) is 0 Å². The summed E-state index contributed by atoms with van der Waals surface area (Å²) in [5.74, 6) is 0.753. The number of hydrogen-bond donors (Lipinski definition) is 3. The predicted molar refractivity (Wildman–Crippen MR) is 65.3 cm³/mol. The summed E-state index contributed by atoms with van der Waals surface area (Å²) in [7, 11) is 1.62. The van der Waals surface area contributed by atoms with Crippen LogP contribution in [0.5, 0.6) is 5.75 Å². The van der Waals surface area contributed by atoms with Crippen LogP contribution in [0.3, 0.4) is 0 Å². The third-order valence-corrected chi connectivity index (χ3v) is 2.24. The van der Waals surface area contributed by atoms with Gasteiger partial charge in [-0.1, -0.05) is 0 Å². The molecule has 0 fully saturated rings. The van der Waals surface area contributed by atoms with Crippen LogP contribution < -0.4 is 15.8 Å². The fourth-order valence-corrected chi connectivity index (χ4v) is 1.60. The van der Waals surface area contributed by atoms with E-state index in [2.05, 4.69) is 10.3 Å². The standard InChI is InChI=1S/C10H11N3OS/c1-14-6-4-8-7(2-3-12-8)9(5-6)13-10(11)15/h2-5,12H,1H3,(H3,11,13,15). The van der Waals surface area contributed by atoms with Crippen molar-refractivity contribution >= 4 is 33.9 Å². The van der Waals surface area contributed by atoms with Crippen LogP contribution in [-0.4, -0.2) is 17.2 Å². The highest BCUT2D eigenvalue weighted by Crippen LogP contribution is 2.28. The van der Waals surface area contributed by atoms with Gasteiger partial charge in [-0.3, -0.25) is 0 Å². The van der Waals surface area contributed by atoms with Gasteiger partial charge in [0.25, 0.3) is 0 Å². The van der Waals surface area contributed by atoms with Crippen molar-refractivity contribution in [2.75, 3.05) is 12.4 Å². The average Bonchev–Trinajstić information content (AvgIpc) is 2.64. The molecule has 0 spiro atoms. The zero-order chi connectivity index (χ0) is 10.8. The maximum atomic E-state index is 5.45. The Balaban J connectivity index is 2.57. The number of anilines is 1. The van der Waals surface area contributed by atoms with Crippen molar-refractivity contribution in [3.63, 3.8) is 0 Å². The van der Waals surface area contributed by atoms with Gasteiger partial charge in [0.2, 0.25) is 0 Å². The Morgan fingerprint density at radius 2 is 2.33 bits per heavy atom. The van der Waals surface area contributed by atoms with E-state index in [0.29, 0.717) is 0 Å². The van der Waals surface area contributed by atoms with Gasteiger partial charge in [0.1, 0.15) is 5.75 Å². The van der Waals surface area contributed by atoms with E-state index in [0.717, 1.165) is 22.3 Å². The number of aromatic amines is 1. The summed E-state index contributed by atoms with van der Waals surface area (Å²) in [5.41, 5.74) is 7.27. The fraction of sp³-hybridized carbons (Fsp3) is 0.100. The molecule has 0 bridgehead atoms. The zero-order valence-electron chi connectivity index (χ0n) is 8.20. The molecule has 0 aliphatic rings. The smallest absolute Gasteiger partial charge is 0.168 e. The number of ether oxygens (including phenoxy) is 1. The van der Waals surface area contributed by atoms with E-state index in [1.807, 2.05) is 24.4 Å². The average molecular weight is 221 g/mol. The molecule has 15 heavy (non-hydrogen) atoms. The van der Waals surface area contributed by atoms with Crippen molar-refractivity contribution in [2.45, 2.75) is 0 Å². The first kappa shape index (κ1) is 9.79. The van der Waals surface area contributed by atoms with E-state index in [9.17, 15) is 0 Å². The number of benzene rings is 1. The Morgan fingerprint density at radius 3 is 3.00 bits per heavy atom. The number of fused-ring (bicyclic) bond motifs is 1. The SMILES string of the molecule is COc1cc(NC(N)=S)c2cc[nH]c2c1. The largest absolute Gasteiger partial charge is 0.497 e. The maximum absolute atomic E-state index is 5.45. The normalized spacial score (nSPS) is 10.2. The fourth-order valence-electron chi connectivity index (χ4n) is 1.49. The first-order valence-corrected chi connectivity index (χ1v) is 4.83. The number of nitrogens with two attached hydrogens (primary N) is 1. The van der Waals surface area contributed by atoms with Crippen LogP contribution >= 0.6 is 12.2 Å². The molecular formula is C10H11N3OS. The lowest BCUT2D eigenvalue weighted by Crippen LogP contribution is -2.18. The van der Waals surface area contributed by atoms with Gasteiger partial charge in [-0.2, -0.15) is 0 Å². The van der Waals surface area contributed by atoms with Crippen molar-refractivity contribution in [3.8, 4) is 5.75 Å². The van der Waals surface area contributed by atoms with E-state index in [-0.39, 0.29) is 5.11 Å². The summed E-state index contributed by atoms with van der Waals surface area (Å²) in [5, 5.41) is 4.19. The molecule has 0 saturated carbocycles. The molecular weight excluding hydrogens is 210 g/mol. The van der Waals surface area contributed by atoms with Crippen LogP contribution in [0.1, 0.15) is 0 Å². The highest BCUT2D eigenvalue weighted by Gasteiger charge is 2.05. The lowest BCUT2D eigenvalue weighted by molar-refractivity contribution is 0.415. The molecule has 78 valence electrons. The molecule has 0 unspecified atom stereocenters. The van der Waals surface area contributed by atoms with Gasteiger partial charge in [0, 0.05) is 23.7 Å². The molecule has 0 saturated heterocycles. The van der Waals surface area contributed by atoms with Gasteiger partial charge in [0.15, 0.2) is 5.11 Å². The number of H-pyrrole nitrogens is 1. The van der Waals surface area contributed by atoms with Crippen molar-refractivity contribution in [3.05, 3.63) is 24.4 Å². The Labute approximate surface area is 92.4 Å². The summed E-state index contributed by atoms with van der Waals surface area (Å²) < 4.78 is 5.17. The second kappa shape index (κ2) is 3.78. The number of methoxy groups -OCH3 is 1. The van der Waals surface area contributed by atoms with Gasteiger partial charge >= 0.3 is 0 Å². The molecule has 1 aromatic carbocycles. The molecule has 2 aromatic rings. The van der Waals surface area contributed by atoms with Gasteiger partial charge in [-0.25, -0.2) is 0 Å². The number of rotatable bonds is 2. The van der Waals surface area contributed by atoms with E-state index < -0.39 is 0 Å². The van der Waals surface area contributed by atoms with Crippen LogP contribution in [0.15, 0.2) is 24.4 Å². The predicted octanol–water partition coefficient (Wildman–Crippen LogP) is 1.83. The number of aromatic nitrogens is 1. The van der Waals surface area contributed by atoms with E-state index >= 15 is 0 Å². The van der Waals surface area contributed by atoms with Crippen molar-refractivity contribution in [2.24, 2.45) is 5.73 Å². The lowest BCUT2D eigenvalue weighted by Gasteiger charge is -2.08. The van der Waals surface area contributed by atoms with Gasteiger partial charge < -0.3 is 20.8 Å². The monoisotopic (exact) mass is 221 g/mol. The first-order chi connectivity index (χ1) is 7.20. The molecule has 4 N–H and O–H groups in total. The van der Waals surface area contributed by atoms with Crippen LogP contribution in [-0.2, 0) is 0 Å². The second-order valence-corrected chi connectivity index (χ2v) is 3.54. The highest BCUT2D eigenvalue weighted by atomic mass is 32.1. The lowest BCUT2D eigenvalue weighted by atomic mass is 10.2. The maximum Gasteiger partial charge on any atom is 0.168 e. The Morgan fingerprint density at radius 1 is 1.53 bits per heavy atom. The molecule has 1 heterocycles. The molecule has 2 rings (SSSR count). The van der Waals surface area contributed by atoms with Gasteiger partial charge in [0.05, 0.1) is 18.3 Å². The quantitative estimate of drug-likeness (QED) is 0.677. The first-order valence-electron chi connectivity index (χ1n) is 4.42. The molecule has 0 atom stereocenters. The number of hydrogen-bond acceptors (Lipinski definition) is 2. The third-order valence-electron chi connectivity index (χ3n) is 2.14. The highest BCUT2D eigenvalue weighted by molar-refractivity contribution is 7.80. The van der Waals surface area contributed by atoms with Crippen LogP contribution in [0.25, 0.3) is 10.9 Å². The van der Waals surface area contributed by atoms with Crippen molar-refractivity contribution in [1.29, 1.82) is 0 Å². The number of thiocarbonyl (C=S) groups is 1. The zero-order valence-corrected chi connectivity index (χ0v) is 9.02. The van der Waals surface area contributed by atoms with Crippen molar-refractivity contribution in [1.82, 2.24) is 4.98 Å². The Kier molecular flexibility index (Phi) is 2.47. The van der Waals surface area contributed by atoms with Crippen LogP contribution in [0.2, 0.25) is 0 Å². The molecule has 0 amide bonds. The minimum Gasteiger partial charge on any atom is -0.497 e. The summed E-state index contributed by atoms with van der Waals surface area (Å²) in [6.07, 6.45) is 1.86. The van der Waals surface area contributed by atoms with Crippen LogP contribution in [0.4, 0.5) is 5.69 Å². The summed E-state index contributed by atoms with van der Waals surface area (Å²) in [6.45, 7) is 0. The molecule has 4 nitrogen and oxygen atoms in total. The van der Waals surface area contributed by atoms with Gasteiger partial charge in [-0.05, 0) is 18.3 Å². The topological polar surface area (TPSA) is 63.1 Å². The minimum atomic E-state index is 0.241. The van der Waals surface area contributed by atoms with Crippen LogP contribution in [0, 0.1) is 0 Å². The minimum absolute atomic E-state index is 0.241. The van der Waals surface area contributed by atoms with Crippen molar-refractivity contribution < 1.29 is 4.74 Å². The van der Waals surface area contributed by atoms with E-state index in [1.54, 1.807) is 7.11 Å². The van der Waals surface area contributed by atoms with E-state index in [4.69, 9.17) is 22.7 Å². The second-order valence-electron chi connectivity index (χ2n) is 3.10. The molecule has 5 heteroatoms. The Hall–Kier alpha value is -1.75. The van der Waals surface area contributed by atoms with Gasteiger partial charge in [-0.15, -0.1) is 0 Å². The third kappa shape index (κ3) is 1.87.